The van der Waals surface area contributed by atoms with Gasteiger partial charge in [-0.2, -0.15) is 0 Å². The van der Waals surface area contributed by atoms with Crippen LogP contribution >= 0.6 is 7.82 Å². The lowest BCUT2D eigenvalue weighted by Gasteiger charge is -2.24. The Balaban J connectivity index is 1.84. The number of ether oxygens (including phenoxy) is 1. The van der Waals surface area contributed by atoms with Crippen LogP contribution in [0.4, 0.5) is 0 Å². The van der Waals surface area contributed by atoms with Gasteiger partial charge in [0.25, 0.3) is 0 Å². The number of benzene rings is 1. The third-order valence-electron chi connectivity index (χ3n) is 8.98. The summed E-state index contributed by atoms with van der Waals surface area (Å²) < 4.78 is 27.7. The van der Waals surface area contributed by atoms with E-state index in [1.807, 2.05) is 38.1 Å². The first kappa shape index (κ1) is 46.4. The topological polar surface area (TPSA) is 214 Å². The minimum Gasteiger partial charge on any atom is -0.466 e. The number of carbonyl (C=O) groups is 5. The molecule has 0 aliphatic carbocycles. The highest BCUT2D eigenvalue weighted by atomic mass is 31.2. The Morgan fingerprint density at radius 3 is 2.17 bits per heavy atom. The Labute approximate surface area is 319 Å². The van der Waals surface area contributed by atoms with Gasteiger partial charge in [-0.15, -0.1) is 0 Å². The van der Waals surface area contributed by atoms with Crippen LogP contribution in [0.25, 0.3) is 10.9 Å². The number of nitrogens with one attached hydrogen (secondary N) is 5. The lowest BCUT2D eigenvalue weighted by molar-refractivity contribution is -0.141. The van der Waals surface area contributed by atoms with Crippen LogP contribution in [-0.4, -0.2) is 84.5 Å². The van der Waals surface area contributed by atoms with E-state index in [0.29, 0.717) is 19.3 Å². The summed E-state index contributed by atoms with van der Waals surface area (Å²) in [5.74, 6) is -2.50. The van der Waals surface area contributed by atoms with Crippen molar-refractivity contribution in [2.24, 2.45) is 5.92 Å². The second-order valence-electron chi connectivity index (χ2n) is 13.5. The summed E-state index contributed by atoms with van der Waals surface area (Å²) in [7, 11) is -4.72. The number of unbranched alkanes of at least 4 members (excludes halogenated alkanes) is 8. The van der Waals surface area contributed by atoms with Crippen molar-refractivity contribution in [3.8, 4) is 0 Å². The zero-order valence-corrected chi connectivity index (χ0v) is 33.3. The first-order chi connectivity index (χ1) is 25.9. The predicted octanol–water partition coefficient (Wildman–Crippen LogP) is 4.97. The highest BCUT2D eigenvalue weighted by molar-refractivity contribution is 7.47. The van der Waals surface area contributed by atoms with E-state index in [9.17, 15) is 33.4 Å². The normalized spacial score (nSPS) is 14.0. The summed E-state index contributed by atoms with van der Waals surface area (Å²) in [6.45, 7) is 6.18. The number of fused-ring (bicyclic) bond motifs is 1. The van der Waals surface area contributed by atoms with Crippen molar-refractivity contribution in [2.45, 2.75) is 123 Å². The van der Waals surface area contributed by atoms with Crippen LogP contribution in [0, 0.1) is 5.92 Å². The number of phosphoric ester groups is 1. The molecule has 1 aromatic heterocycles. The number of aromatic nitrogens is 1. The summed E-state index contributed by atoms with van der Waals surface area (Å²) in [5, 5.41) is 11.6. The van der Waals surface area contributed by atoms with Crippen molar-refractivity contribution in [1.29, 1.82) is 0 Å². The summed E-state index contributed by atoms with van der Waals surface area (Å²) >= 11 is 0. The molecule has 0 saturated heterocycles. The Hall–Kier alpha value is -3.78. The van der Waals surface area contributed by atoms with Crippen molar-refractivity contribution >= 4 is 48.3 Å². The molecule has 4 amide bonds. The number of hydrogen-bond acceptors (Lipinski definition) is 9. The van der Waals surface area contributed by atoms with Crippen LogP contribution in [0.5, 0.6) is 0 Å². The quantitative estimate of drug-likeness (QED) is 0.0371. The fourth-order valence-corrected chi connectivity index (χ4v) is 6.43. The highest BCUT2D eigenvalue weighted by Gasteiger charge is 2.29. The largest absolute Gasteiger partial charge is 0.472 e. The number of rotatable bonds is 29. The molecule has 0 aliphatic rings. The number of carbonyl (C=O) groups excluding carboxylic acids is 5. The van der Waals surface area contributed by atoms with Gasteiger partial charge in [0.15, 0.2) is 0 Å². The molecule has 4 atom stereocenters. The molecular weight excluding hydrogens is 717 g/mol. The van der Waals surface area contributed by atoms with E-state index < -0.39 is 56.8 Å². The van der Waals surface area contributed by atoms with Crippen LogP contribution < -0.4 is 21.3 Å². The van der Waals surface area contributed by atoms with E-state index >= 15 is 0 Å². The highest BCUT2D eigenvalue weighted by Crippen LogP contribution is 2.43. The van der Waals surface area contributed by atoms with Crippen LogP contribution in [0.15, 0.2) is 30.5 Å². The van der Waals surface area contributed by atoms with Crippen LogP contribution in [-0.2, 0) is 48.7 Å². The zero-order chi connectivity index (χ0) is 39.8. The Morgan fingerprint density at radius 1 is 0.815 bits per heavy atom. The SMILES string of the molecule is CCCCCCCCCCCC(=O)N[C@@H](COP(=O)(O)OCCNC(=O)[C@@H](NC(=O)Cc1c[nH]c2ccccc12)[C@@H](C)CC)C(=O)NCCCOC(C)=O. The molecule has 1 aromatic carbocycles. The number of hydrogen-bond donors (Lipinski definition) is 6. The maximum absolute atomic E-state index is 13.1. The summed E-state index contributed by atoms with van der Waals surface area (Å²) in [6, 6.07) is 5.46. The molecule has 16 heteroatoms. The average molecular weight is 780 g/mol. The molecule has 0 saturated carbocycles. The maximum Gasteiger partial charge on any atom is 0.472 e. The smallest absolute Gasteiger partial charge is 0.466 e. The minimum atomic E-state index is -4.72. The van der Waals surface area contributed by atoms with Crippen molar-refractivity contribution < 1.29 is 47.2 Å². The van der Waals surface area contributed by atoms with Gasteiger partial charge in [0.1, 0.15) is 12.1 Å². The van der Waals surface area contributed by atoms with Crippen molar-refractivity contribution in [2.75, 3.05) is 32.9 Å². The molecule has 1 unspecified atom stereocenters. The summed E-state index contributed by atoms with van der Waals surface area (Å²) in [6.07, 6.45) is 12.7. The van der Waals surface area contributed by atoms with E-state index in [1.165, 1.54) is 39.0 Å². The Bertz CT molecular complexity index is 1500. The van der Waals surface area contributed by atoms with Crippen molar-refractivity contribution in [3.05, 3.63) is 36.0 Å². The molecule has 0 aliphatic heterocycles. The molecule has 0 bridgehead atoms. The second-order valence-corrected chi connectivity index (χ2v) is 15.0. The third-order valence-corrected chi connectivity index (χ3v) is 9.97. The molecule has 0 fully saturated rings. The predicted molar refractivity (Wildman–Crippen MR) is 206 cm³/mol. The number of phosphoric acid groups is 1. The number of amides is 4. The fourth-order valence-electron chi connectivity index (χ4n) is 5.70. The van der Waals surface area contributed by atoms with E-state index in [-0.39, 0.29) is 44.4 Å². The minimum absolute atomic E-state index is 0.0748. The molecule has 6 N–H and O–H groups in total. The molecule has 1 heterocycles. The van der Waals surface area contributed by atoms with Gasteiger partial charge in [-0.3, -0.25) is 33.0 Å². The fraction of sp³-hybridized carbons (Fsp3) is 0.658. The zero-order valence-electron chi connectivity index (χ0n) is 32.4. The summed E-state index contributed by atoms with van der Waals surface area (Å²) in [5.41, 5.74) is 1.71. The van der Waals surface area contributed by atoms with Gasteiger partial charge >= 0.3 is 13.8 Å². The maximum atomic E-state index is 13.1. The van der Waals surface area contributed by atoms with E-state index in [1.54, 1.807) is 6.20 Å². The number of aromatic amines is 1. The molecule has 54 heavy (non-hydrogen) atoms. The Morgan fingerprint density at radius 2 is 1.48 bits per heavy atom. The molecule has 304 valence electrons. The number of H-pyrrole nitrogens is 1. The van der Waals surface area contributed by atoms with E-state index in [0.717, 1.165) is 35.7 Å². The average Bonchev–Trinajstić information content (AvgIpc) is 3.54. The van der Waals surface area contributed by atoms with Gasteiger partial charge in [0.2, 0.25) is 23.6 Å². The van der Waals surface area contributed by atoms with Gasteiger partial charge in [0.05, 0.1) is 26.2 Å². The number of esters is 1. The van der Waals surface area contributed by atoms with Gasteiger partial charge in [-0.05, 0) is 30.4 Å². The van der Waals surface area contributed by atoms with E-state index in [4.69, 9.17) is 13.8 Å². The first-order valence-corrected chi connectivity index (χ1v) is 20.8. The lowest BCUT2D eigenvalue weighted by Crippen LogP contribution is -2.51. The van der Waals surface area contributed by atoms with Crippen LogP contribution in [0.2, 0.25) is 0 Å². The van der Waals surface area contributed by atoms with Gasteiger partial charge < -0.3 is 35.9 Å². The van der Waals surface area contributed by atoms with E-state index in [2.05, 4.69) is 33.2 Å². The van der Waals surface area contributed by atoms with Gasteiger partial charge in [-0.1, -0.05) is 96.8 Å². The van der Waals surface area contributed by atoms with Crippen LogP contribution in [0.1, 0.15) is 110 Å². The summed E-state index contributed by atoms with van der Waals surface area (Å²) in [4.78, 5) is 76.1. The molecule has 2 rings (SSSR count). The molecule has 15 nitrogen and oxygen atoms in total. The first-order valence-electron chi connectivity index (χ1n) is 19.3. The number of para-hydroxylation sites is 1. The monoisotopic (exact) mass is 779 g/mol. The van der Waals surface area contributed by atoms with Crippen molar-refractivity contribution in [1.82, 2.24) is 26.3 Å². The Kier molecular flexibility index (Phi) is 22.4. The molecule has 0 spiro atoms. The second kappa shape index (κ2) is 26.1. The lowest BCUT2D eigenvalue weighted by atomic mass is 9.98. The molecule has 2 aromatic rings. The van der Waals surface area contributed by atoms with Crippen molar-refractivity contribution in [3.63, 3.8) is 0 Å². The molecule has 0 radical (unpaired) electrons. The molecular formula is C38H62N5O10P. The standard InChI is InChI=1S/C38H62N5O10P/c1-5-7-8-9-10-11-12-13-14-20-34(45)42-33(37(47)39-21-17-23-51-29(4)44)27-53-54(49,50)52-24-22-40-38(48)36(28(3)6-2)43-35(46)25-30-26-41-32-19-16-15-18-31(30)32/h15-16,18-19,26,28,33,36,41H,5-14,17,20-25,27H2,1-4H3,(H,39,47)(H,40,48)(H,42,45)(H,43,46)(H,49,50)/t28-,33-,36-/m0/s1. The third kappa shape index (κ3) is 19.0. The van der Waals surface area contributed by atoms with Gasteiger partial charge in [-0.25, -0.2) is 4.57 Å². The van der Waals surface area contributed by atoms with Crippen LogP contribution in [0.3, 0.4) is 0 Å². The van der Waals surface area contributed by atoms with Gasteiger partial charge in [0, 0.05) is 43.5 Å².